The number of carbonyl (C=O) groups excluding carboxylic acids is 1. The highest BCUT2D eigenvalue weighted by Gasteiger charge is 2.29. The van der Waals surface area contributed by atoms with Gasteiger partial charge in [0.25, 0.3) is 0 Å². The first kappa shape index (κ1) is 18.4. The van der Waals surface area contributed by atoms with Crippen LogP contribution in [0, 0.1) is 12.8 Å². The van der Waals surface area contributed by atoms with Gasteiger partial charge in [-0.3, -0.25) is 9.48 Å². The predicted octanol–water partition coefficient (Wildman–Crippen LogP) is 3.28. The van der Waals surface area contributed by atoms with Crippen LogP contribution in [-0.4, -0.2) is 43.8 Å². The lowest BCUT2D eigenvalue weighted by Crippen LogP contribution is -2.43. The molecule has 1 aliphatic rings. The first-order valence-corrected chi connectivity index (χ1v) is 9.78. The first-order chi connectivity index (χ1) is 13.6. The number of piperidine rings is 1. The Hall–Kier alpha value is -2.96. The van der Waals surface area contributed by atoms with Crippen molar-refractivity contribution in [2.24, 2.45) is 5.92 Å². The smallest absolute Gasteiger partial charge is 0.247 e. The van der Waals surface area contributed by atoms with Crippen molar-refractivity contribution in [2.75, 3.05) is 13.1 Å². The van der Waals surface area contributed by atoms with Gasteiger partial charge in [0.15, 0.2) is 0 Å². The van der Waals surface area contributed by atoms with Crippen LogP contribution in [0.4, 0.5) is 0 Å². The molecule has 0 radical (unpaired) electrons. The molecule has 0 N–H and O–H groups in total. The number of benzene rings is 1. The van der Waals surface area contributed by atoms with Crippen molar-refractivity contribution in [3.05, 3.63) is 54.2 Å². The summed E-state index contributed by atoms with van der Waals surface area (Å²) >= 11 is 0. The molecule has 1 saturated heterocycles. The molecular weight excluding hydrogens is 354 g/mol. The van der Waals surface area contributed by atoms with E-state index in [9.17, 15) is 4.79 Å². The van der Waals surface area contributed by atoms with Crippen molar-refractivity contribution in [1.29, 1.82) is 0 Å². The highest BCUT2D eigenvalue weighted by atomic mass is 16.5. The third-order valence-corrected chi connectivity index (χ3v) is 5.43. The lowest BCUT2D eigenvalue weighted by molar-refractivity contribution is -0.136. The Morgan fingerprint density at radius 1 is 1.32 bits per heavy atom. The fourth-order valence-electron chi connectivity index (χ4n) is 3.84. The molecule has 4 rings (SSSR count). The van der Waals surface area contributed by atoms with E-state index in [2.05, 4.69) is 15.2 Å². The Bertz CT molecular complexity index is 934. The summed E-state index contributed by atoms with van der Waals surface area (Å²) in [5, 5.41) is 8.34. The average molecular weight is 379 g/mol. The van der Waals surface area contributed by atoms with Gasteiger partial charge in [-0.25, -0.2) is 0 Å². The van der Waals surface area contributed by atoms with Crippen molar-refractivity contribution in [2.45, 2.75) is 39.2 Å². The molecule has 1 aliphatic heterocycles. The van der Waals surface area contributed by atoms with Crippen LogP contribution in [0.25, 0.3) is 11.4 Å². The summed E-state index contributed by atoms with van der Waals surface area (Å²) in [4.78, 5) is 19.4. The molecule has 146 valence electrons. The van der Waals surface area contributed by atoms with E-state index in [-0.39, 0.29) is 11.9 Å². The average Bonchev–Trinajstić information content (AvgIpc) is 3.40. The number of aromatic nitrogens is 4. The fraction of sp³-hybridized carbons (Fsp3) is 0.429. The van der Waals surface area contributed by atoms with Crippen molar-refractivity contribution < 1.29 is 9.32 Å². The summed E-state index contributed by atoms with van der Waals surface area (Å²) in [5.41, 5.74) is 2.11. The SMILES string of the molecule is Cc1ccccc1-c1noc(C[C@@H]2CCCN(C(=O)[C@H](C)n3cccn3)C2)n1. The molecule has 7 nitrogen and oxygen atoms in total. The van der Waals surface area contributed by atoms with E-state index >= 15 is 0 Å². The van der Waals surface area contributed by atoms with E-state index in [1.165, 1.54) is 0 Å². The summed E-state index contributed by atoms with van der Waals surface area (Å²) in [6.45, 7) is 5.44. The number of nitrogens with zero attached hydrogens (tertiary/aromatic N) is 5. The van der Waals surface area contributed by atoms with Gasteiger partial charge < -0.3 is 9.42 Å². The Morgan fingerprint density at radius 2 is 2.18 bits per heavy atom. The third-order valence-electron chi connectivity index (χ3n) is 5.43. The zero-order valence-corrected chi connectivity index (χ0v) is 16.3. The van der Waals surface area contributed by atoms with Crippen molar-refractivity contribution in [3.8, 4) is 11.4 Å². The third kappa shape index (κ3) is 3.83. The van der Waals surface area contributed by atoms with Crippen molar-refractivity contribution >= 4 is 5.91 Å². The van der Waals surface area contributed by atoms with Gasteiger partial charge in [-0.1, -0.05) is 29.4 Å². The Kier molecular flexibility index (Phi) is 5.23. The van der Waals surface area contributed by atoms with Gasteiger partial charge in [0, 0.05) is 37.5 Å². The Morgan fingerprint density at radius 3 is 2.96 bits per heavy atom. The summed E-state index contributed by atoms with van der Waals surface area (Å²) in [6, 6.07) is 9.56. The van der Waals surface area contributed by atoms with E-state index in [1.807, 2.05) is 55.3 Å². The number of amides is 1. The van der Waals surface area contributed by atoms with E-state index in [0.717, 1.165) is 30.5 Å². The van der Waals surface area contributed by atoms with Crippen molar-refractivity contribution in [3.63, 3.8) is 0 Å². The second-order valence-electron chi connectivity index (χ2n) is 7.49. The first-order valence-electron chi connectivity index (χ1n) is 9.78. The molecule has 28 heavy (non-hydrogen) atoms. The number of aryl methyl sites for hydroxylation is 1. The number of hydrogen-bond acceptors (Lipinski definition) is 5. The molecule has 1 amide bonds. The zero-order chi connectivity index (χ0) is 19.5. The van der Waals surface area contributed by atoms with Crippen LogP contribution in [0.5, 0.6) is 0 Å². The van der Waals surface area contributed by atoms with Gasteiger partial charge in [-0.05, 0) is 44.2 Å². The number of carbonyl (C=O) groups is 1. The largest absolute Gasteiger partial charge is 0.341 e. The lowest BCUT2D eigenvalue weighted by Gasteiger charge is -2.33. The van der Waals surface area contributed by atoms with Gasteiger partial charge in [-0.2, -0.15) is 10.1 Å². The van der Waals surface area contributed by atoms with Gasteiger partial charge in [0.05, 0.1) is 0 Å². The minimum absolute atomic E-state index is 0.111. The molecule has 0 spiro atoms. The topological polar surface area (TPSA) is 77.0 Å². The van der Waals surface area contributed by atoms with Crippen LogP contribution in [-0.2, 0) is 11.2 Å². The molecule has 2 aromatic heterocycles. The lowest BCUT2D eigenvalue weighted by atomic mass is 9.94. The monoisotopic (exact) mass is 379 g/mol. The second kappa shape index (κ2) is 7.96. The molecule has 3 heterocycles. The highest BCUT2D eigenvalue weighted by molar-refractivity contribution is 5.80. The molecular formula is C21H25N5O2. The van der Waals surface area contributed by atoms with Gasteiger partial charge in [0.1, 0.15) is 6.04 Å². The highest BCUT2D eigenvalue weighted by Crippen LogP contribution is 2.25. The molecule has 1 fully saturated rings. The van der Waals surface area contributed by atoms with E-state index < -0.39 is 0 Å². The standard InChI is InChI=1S/C21H25N5O2/c1-15-7-3-4-9-18(15)20-23-19(28-24-20)13-17-8-5-11-25(14-17)21(27)16(2)26-12-6-10-22-26/h3-4,6-7,9-10,12,16-17H,5,8,11,13-14H2,1-2H3/t16-,17-/m0/s1. The van der Waals surface area contributed by atoms with E-state index in [0.29, 0.717) is 30.6 Å². The Balaban J connectivity index is 1.40. The predicted molar refractivity (Wildman–Crippen MR) is 104 cm³/mol. The van der Waals surface area contributed by atoms with E-state index in [1.54, 1.807) is 10.9 Å². The second-order valence-corrected chi connectivity index (χ2v) is 7.49. The quantitative estimate of drug-likeness (QED) is 0.680. The van der Waals surface area contributed by atoms with Crippen LogP contribution in [0.3, 0.4) is 0 Å². The minimum atomic E-state index is -0.287. The number of rotatable bonds is 5. The van der Waals surface area contributed by atoms with Crippen LogP contribution < -0.4 is 0 Å². The maximum absolute atomic E-state index is 12.8. The molecule has 2 atom stereocenters. The van der Waals surface area contributed by atoms with Gasteiger partial charge in [0.2, 0.25) is 17.6 Å². The molecule has 3 aromatic rings. The number of hydrogen-bond donors (Lipinski definition) is 0. The molecule has 0 bridgehead atoms. The maximum Gasteiger partial charge on any atom is 0.247 e. The summed E-state index contributed by atoms with van der Waals surface area (Å²) in [7, 11) is 0. The number of likely N-dealkylation sites (tertiary alicyclic amines) is 1. The molecule has 1 aromatic carbocycles. The van der Waals surface area contributed by atoms with Crippen LogP contribution in [0.1, 0.15) is 37.3 Å². The minimum Gasteiger partial charge on any atom is -0.341 e. The molecule has 7 heteroatoms. The summed E-state index contributed by atoms with van der Waals surface area (Å²) < 4.78 is 7.21. The van der Waals surface area contributed by atoms with Crippen LogP contribution in [0.2, 0.25) is 0 Å². The summed E-state index contributed by atoms with van der Waals surface area (Å²) in [6.07, 6.45) is 6.27. The van der Waals surface area contributed by atoms with E-state index in [4.69, 9.17) is 4.52 Å². The Labute approximate surface area is 164 Å². The normalized spacial score (nSPS) is 18.2. The van der Waals surface area contributed by atoms with Gasteiger partial charge in [-0.15, -0.1) is 0 Å². The molecule has 0 unspecified atom stereocenters. The van der Waals surface area contributed by atoms with Gasteiger partial charge >= 0.3 is 0 Å². The van der Waals surface area contributed by atoms with Crippen LogP contribution >= 0.6 is 0 Å². The zero-order valence-electron chi connectivity index (χ0n) is 16.3. The van der Waals surface area contributed by atoms with Crippen molar-refractivity contribution in [1.82, 2.24) is 24.8 Å². The van der Waals surface area contributed by atoms with Crippen LogP contribution in [0.15, 0.2) is 47.2 Å². The molecule has 0 saturated carbocycles. The molecule has 0 aliphatic carbocycles. The maximum atomic E-state index is 12.8. The summed E-state index contributed by atoms with van der Waals surface area (Å²) in [5.74, 6) is 1.70. The fourth-order valence-corrected chi connectivity index (χ4v) is 3.84.